The van der Waals surface area contributed by atoms with Gasteiger partial charge in [-0.1, -0.05) is 19.3 Å². The van der Waals surface area contributed by atoms with Gasteiger partial charge in [-0.3, -0.25) is 9.59 Å². The van der Waals surface area contributed by atoms with Crippen molar-refractivity contribution in [3.05, 3.63) is 24.0 Å². The summed E-state index contributed by atoms with van der Waals surface area (Å²) in [5.41, 5.74) is 0.585. The van der Waals surface area contributed by atoms with Crippen LogP contribution < -0.4 is 10.2 Å². The van der Waals surface area contributed by atoms with Crippen molar-refractivity contribution >= 4 is 23.2 Å². The molecule has 2 saturated carbocycles. The van der Waals surface area contributed by atoms with Crippen LogP contribution in [0.1, 0.15) is 77.0 Å². The molecule has 2 aliphatic heterocycles. The van der Waals surface area contributed by atoms with Gasteiger partial charge in [-0.15, -0.1) is 0 Å². The van der Waals surface area contributed by atoms with Crippen LogP contribution in [0.5, 0.6) is 0 Å². The molecular formula is C27H38FN3O3. The number of nitrogens with zero attached hydrogens (tertiary/aromatic N) is 2. The molecule has 4 aliphatic rings. The summed E-state index contributed by atoms with van der Waals surface area (Å²) in [7, 11) is 0. The second kappa shape index (κ2) is 9.84. The Balaban J connectivity index is 1.24. The number of carbonyl (C=O) groups excluding carboxylic acids is 2. The number of hydrogen-bond acceptors (Lipinski definition) is 4. The van der Waals surface area contributed by atoms with Crippen molar-refractivity contribution in [2.75, 3.05) is 29.9 Å². The van der Waals surface area contributed by atoms with Gasteiger partial charge in [0, 0.05) is 37.3 Å². The Morgan fingerprint density at radius 3 is 2.50 bits per heavy atom. The van der Waals surface area contributed by atoms with Crippen molar-refractivity contribution in [1.82, 2.24) is 4.90 Å². The molecule has 2 aliphatic carbocycles. The third-order valence-electron chi connectivity index (χ3n) is 8.76. The summed E-state index contributed by atoms with van der Waals surface area (Å²) in [5.74, 6) is -0.102. The van der Waals surface area contributed by atoms with E-state index in [9.17, 15) is 14.7 Å². The normalized spacial score (nSPS) is 30.7. The van der Waals surface area contributed by atoms with E-state index in [1.165, 1.54) is 12.5 Å². The van der Waals surface area contributed by atoms with Crippen molar-refractivity contribution in [3.8, 4) is 0 Å². The number of amides is 2. The van der Waals surface area contributed by atoms with E-state index in [1.807, 2.05) is 4.90 Å². The molecule has 4 fully saturated rings. The van der Waals surface area contributed by atoms with Crippen LogP contribution in [0.3, 0.4) is 0 Å². The van der Waals surface area contributed by atoms with E-state index in [4.69, 9.17) is 0 Å². The maximum Gasteiger partial charge on any atom is 0.230 e. The van der Waals surface area contributed by atoms with Crippen LogP contribution in [0.2, 0.25) is 0 Å². The van der Waals surface area contributed by atoms with E-state index in [-0.39, 0.29) is 35.7 Å². The lowest BCUT2D eigenvalue weighted by molar-refractivity contribution is -0.139. The van der Waals surface area contributed by atoms with Crippen LogP contribution in [-0.2, 0) is 9.59 Å². The molecule has 5 rings (SSSR count). The topological polar surface area (TPSA) is 72.9 Å². The first-order valence-corrected chi connectivity index (χ1v) is 13.3. The smallest absolute Gasteiger partial charge is 0.230 e. The maximum absolute atomic E-state index is 15.2. The van der Waals surface area contributed by atoms with Crippen LogP contribution in [0.4, 0.5) is 15.8 Å². The van der Waals surface area contributed by atoms with Crippen molar-refractivity contribution in [1.29, 1.82) is 0 Å². The SMILES string of the molecule is O=C(Nc1ccc(N2CCCC3(CCN(C4CCC(O)CC4)C3=O)C2)c(F)c1)C1CCCCC1. The summed E-state index contributed by atoms with van der Waals surface area (Å²) in [6, 6.07) is 5.20. The number of rotatable bonds is 4. The predicted octanol–water partition coefficient (Wildman–Crippen LogP) is 4.47. The quantitative estimate of drug-likeness (QED) is 0.680. The molecule has 0 bridgehead atoms. The predicted molar refractivity (Wildman–Crippen MR) is 130 cm³/mol. The van der Waals surface area contributed by atoms with Gasteiger partial charge in [0.1, 0.15) is 5.82 Å². The number of likely N-dealkylation sites (tertiary alicyclic amines) is 1. The summed E-state index contributed by atoms with van der Waals surface area (Å²) in [5, 5.41) is 12.7. The van der Waals surface area contributed by atoms with Crippen molar-refractivity contribution in [3.63, 3.8) is 0 Å². The minimum Gasteiger partial charge on any atom is -0.393 e. The molecule has 186 valence electrons. The molecule has 34 heavy (non-hydrogen) atoms. The number of aliphatic hydroxyl groups is 1. The number of piperidine rings is 1. The number of hydrogen-bond donors (Lipinski definition) is 2. The Labute approximate surface area is 201 Å². The summed E-state index contributed by atoms with van der Waals surface area (Å²) >= 11 is 0. The summed E-state index contributed by atoms with van der Waals surface area (Å²) in [6.45, 7) is 2.04. The monoisotopic (exact) mass is 471 g/mol. The molecule has 1 atom stereocenters. The van der Waals surface area contributed by atoms with E-state index in [2.05, 4.69) is 10.2 Å². The summed E-state index contributed by atoms with van der Waals surface area (Å²) in [4.78, 5) is 30.2. The number of benzene rings is 1. The first-order chi connectivity index (χ1) is 16.4. The van der Waals surface area contributed by atoms with Gasteiger partial charge < -0.3 is 20.2 Å². The second-order valence-corrected chi connectivity index (χ2v) is 11.0. The molecule has 2 N–H and O–H groups in total. The first-order valence-electron chi connectivity index (χ1n) is 13.3. The number of nitrogens with one attached hydrogen (secondary N) is 1. The van der Waals surface area contributed by atoms with Crippen LogP contribution in [0.15, 0.2) is 18.2 Å². The zero-order chi connectivity index (χ0) is 23.7. The number of aliphatic hydroxyl groups excluding tert-OH is 1. The van der Waals surface area contributed by atoms with Gasteiger partial charge in [-0.2, -0.15) is 0 Å². The lowest BCUT2D eigenvalue weighted by atomic mass is 9.78. The number of carbonyl (C=O) groups is 2. The highest BCUT2D eigenvalue weighted by Gasteiger charge is 2.50. The summed E-state index contributed by atoms with van der Waals surface area (Å²) in [6.07, 6.45) is 10.8. The van der Waals surface area contributed by atoms with Crippen molar-refractivity contribution < 1.29 is 19.1 Å². The first kappa shape index (κ1) is 23.6. The molecular weight excluding hydrogens is 433 g/mol. The highest BCUT2D eigenvalue weighted by atomic mass is 19.1. The van der Waals surface area contributed by atoms with Gasteiger partial charge in [0.15, 0.2) is 0 Å². The van der Waals surface area contributed by atoms with Crippen molar-refractivity contribution in [2.45, 2.75) is 89.2 Å². The molecule has 6 nitrogen and oxygen atoms in total. The number of anilines is 2. The molecule has 2 heterocycles. The third kappa shape index (κ3) is 4.68. The summed E-state index contributed by atoms with van der Waals surface area (Å²) < 4.78 is 15.2. The second-order valence-electron chi connectivity index (χ2n) is 11.0. The third-order valence-corrected chi connectivity index (χ3v) is 8.76. The van der Waals surface area contributed by atoms with Crippen molar-refractivity contribution in [2.24, 2.45) is 11.3 Å². The molecule has 7 heteroatoms. The highest BCUT2D eigenvalue weighted by molar-refractivity contribution is 5.92. The molecule has 0 aromatic heterocycles. The fourth-order valence-corrected chi connectivity index (χ4v) is 6.73. The Kier molecular flexibility index (Phi) is 6.83. The van der Waals surface area contributed by atoms with Crippen LogP contribution >= 0.6 is 0 Å². The van der Waals surface area contributed by atoms with Crippen LogP contribution in [0, 0.1) is 17.2 Å². The molecule has 1 unspecified atom stereocenters. The Bertz CT molecular complexity index is 910. The minimum absolute atomic E-state index is 0.00403. The van der Waals surface area contributed by atoms with Gasteiger partial charge in [-0.05, 0) is 76.0 Å². The molecule has 1 spiro atoms. The Hall–Kier alpha value is -2.15. The minimum atomic E-state index is -0.436. The van der Waals surface area contributed by atoms with E-state index < -0.39 is 5.41 Å². The Morgan fingerprint density at radius 2 is 1.76 bits per heavy atom. The Morgan fingerprint density at radius 1 is 1.00 bits per heavy atom. The van der Waals surface area contributed by atoms with Gasteiger partial charge in [0.25, 0.3) is 0 Å². The fraction of sp³-hybridized carbons (Fsp3) is 0.704. The van der Waals surface area contributed by atoms with Gasteiger partial charge in [-0.25, -0.2) is 4.39 Å². The largest absolute Gasteiger partial charge is 0.393 e. The molecule has 1 aromatic rings. The van der Waals surface area contributed by atoms with E-state index >= 15 is 4.39 Å². The van der Waals surface area contributed by atoms with Crippen LogP contribution in [0.25, 0.3) is 0 Å². The molecule has 0 radical (unpaired) electrons. The zero-order valence-electron chi connectivity index (χ0n) is 20.1. The van der Waals surface area contributed by atoms with Gasteiger partial charge in [0.05, 0.1) is 17.2 Å². The average molecular weight is 472 g/mol. The lowest BCUT2D eigenvalue weighted by Crippen LogP contribution is -2.50. The van der Waals surface area contributed by atoms with Crippen LogP contribution in [-0.4, -0.2) is 53.6 Å². The lowest BCUT2D eigenvalue weighted by Gasteiger charge is -2.41. The van der Waals surface area contributed by atoms with E-state index in [0.29, 0.717) is 17.9 Å². The van der Waals surface area contributed by atoms with Gasteiger partial charge >= 0.3 is 0 Å². The maximum atomic E-state index is 15.2. The number of halogens is 1. The highest BCUT2D eigenvalue weighted by Crippen LogP contribution is 2.44. The van der Waals surface area contributed by atoms with E-state index in [0.717, 1.165) is 83.7 Å². The van der Waals surface area contributed by atoms with Gasteiger partial charge in [0.2, 0.25) is 11.8 Å². The standard InChI is InChI=1S/C27H38FN3O3/c28-23-17-20(29-25(33)19-5-2-1-3-6-19)7-12-24(23)30-15-4-13-27(18-30)14-16-31(26(27)34)21-8-10-22(32)11-9-21/h7,12,17,19,21-22,32H,1-6,8-11,13-16,18H2,(H,29,33). The molecule has 2 amide bonds. The van der Waals surface area contributed by atoms with E-state index in [1.54, 1.807) is 12.1 Å². The average Bonchev–Trinajstić information content (AvgIpc) is 3.15. The molecule has 1 aromatic carbocycles. The fourth-order valence-electron chi connectivity index (χ4n) is 6.73. The zero-order valence-corrected chi connectivity index (χ0v) is 20.1. The molecule has 2 saturated heterocycles.